The Balaban J connectivity index is 2.53. The molecule has 1 unspecified atom stereocenters. The van der Waals surface area contributed by atoms with Gasteiger partial charge in [0.15, 0.2) is 0 Å². The molecule has 1 rings (SSSR count). The number of allylic oxidation sites excluding steroid dienone is 2. The van der Waals surface area contributed by atoms with Crippen molar-refractivity contribution in [2.24, 2.45) is 5.92 Å². The van der Waals surface area contributed by atoms with Gasteiger partial charge < -0.3 is 0 Å². The maximum Gasteiger partial charge on any atom is -0.0203 e. The molecule has 0 aromatic rings. The monoisotopic (exact) mass is 109 g/mol. The molecule has 0 nitrogen and oxygen atoms in total. The summed E-state index contributed by atoms with van der Waals surface area (Å²) in [6, 6.07) is 0. The fraction of sp³-hybridized carbons (Fsp3) is 0.625. The first-order valence-electron chi connectivity index (χ1n) is 3.30. The van der Waals surface area contributed by atoms with Crippen molar-refractivity contribution in [3.8, 4) is 0 Å². The van der Waals surface area contributed by atoms with Crippen molar-refractivity contribution in [3.63, 3.8) is 0 Å². The van der Waals surface area contributed by atoms with Crippen molar-refractivity contribution in [3.05, 3.63) is 18.1 Å². The summed E-state index contributed by atoms with van der Waals surface area (Å²) in [5.41, 5.74) is 1.54. The van der Waals surface area contributed by atoms with E-state index >= 15 is 0 Å². The van der Waals surface area contributed by atoms with Gasteiger partial charge in [-0.25, -0.2) is 0 Å². The third-order valence-corrected chi connectivity index (χ3v) is 1.87. The van der Waals surface area contributed by atoms with Gasteiger partial charge in [0, 0.05) is 0 Å². The Morgan fingerprint density at radius 2 is 2.25 bits per heavy atom. The van der Waals surface area contributed by atoms with Crippen LogP contribution in [0, 0.1) is 12.3 Å². The summed E-state index contributed by atoms with van der Waals surface area (Å²) in [5, 5.41) is 0. The van der Waals surface area contributed by atoms with E-state index in [1.54, 1.807) is 0 Å². The van der Waals surface area contributed by atoms with Crippen molar-refractivity contribution in [2.75, 3.05) is 0 Å². The van der Waals surface area contributed by atoms with E-state index in [1.807, 2.05) is 0 Å². The molecule has 0 N–H and O–H groups in total. The van der Waals surface area contributed by atoms with Crippen molar-refractivity contribution >= 4 is 0 Å². The van der Waals surface area contributed by atoms with Crippen LogP contribution in [0.15, 0.2) is 11.6 Å². The van der Waals surface area contributed by atoms with E-state index in [0.717, 1.165) is 5.92 Å². The zero-order valence-corrected chi connectivity index (χ0v) is 5.65. The molecule has 0 saturated carbocycles. The van der Waals surface area contributed by atoms with E-state index in [0.29, 0.717) is 0 Å². The first-order valence-corrected chi connectivity index (χ1v) is 3.30. The van der Waals surface area contributed by atoms with Gasteiger partial charge in [-0.3, -0.25) is 0 Å². The normalized spacial score (nSPS) is 29.8. The summed E-state index contributed by atoms with van der Waals surface area (Å²) in [4.78, 5) is 0. The summed E-state index contributed by atoms with van der Waals surface area (Å²) in [5.74, 6) is 0.740. The highest BCUT2D eigenvalue weighted by Crippen LogP contribution is 2.21. The summed E-state index contributed by atoms with van der Waals surface area (Å²) >= 11 is 0. The lowest BCUT2D eigenvalue weighted by Crippen LogP contribution is -2.01. The van der Waals surface area contributed by atoms with E-state index < -0.39 is 0 Å². The van der Waals surface area contributed by atoms with Gasteiger partial charge in [0.25, 0.3) is 0 Å². The standard InChI is InChI=1S/C8H13/c1-7-5-3-4-6-8(7)2/h5-7H,3-4H2,1-2H3. The average molecular weight is 109 g/mol. The minimum Gasteiger partial charge on any atom is -0.0853 e. The van der Waals surface area contributed by atoms with Crippen LogP contribution in [0.3, 0.4) is 0 Å². The molecule has 0 aromatic carbocycles. The quantitative estimate of drug-likeness (QED) is 0.419. The molecule has 0 aromatic heterocycles. The van der Waals surface area contributed by atoms with Crippen molar-refractivity contribution in [1.29, 1.82) is 0 Å². The van der Waals surface area contributed by atoms with Crippen LogP contribution in [-0.2, 0) is 0 Å². The molecular weight excluding hydrogens is 96.1 g/mol. The largest absolute Gasteiger partial charge is 0.0853 e. The molecule has 45 valence electrons. The minimum atomic E-state index is 0.740. The molecule has 1 aliphatic carbocycles. The smallest absolute Gasteiger partial charge is 0.0203 e. The first-order chi connectivity index (χ1) is 3.80. The Morgan fingerprint density at radius 1 is 1.50 bits per heavy atom. The number of hydrogen-bond donors (Lipinski definition) is 0. The Morgan fingerprint density at radius 3 is 2.62 bits per heavy atom. The van der Waals surface area contributed by atoms with E-state index in [-0.39, 0.29) is 0 Å². The molecule has 0 spiro atoms. The second-order valence-corrected chi connectivity index (χ2v) is 2.55. The topological polar surface area (TPSA) is 0 Å². The predicted octanol–water partition coefficient (Wildman–Crippen LogP) is 2.57. The third-order valence-electron chi connectivity index (χ3n) is 1.87. The summed E-state index contributed by atoms with van der Waals surface area (Å²) in [6.45, 7) is 4.46. The molecule has 0 saturated heterocycles. The van der Waals surface area contributed by atoms with Crippen molar-refractivity contribution < 1.29 is 0 Å². The lowest BCUT2D eigenvalue weighted by atomic mass is 9.91. The molecule has 1 radical (unpaired) electrons. The number of hydrogen-bond acceptors (Lipinski definition) is 0. The first kappa shape index (κ1) is 5.87. The zero-order valence-electron chi connectivity index (χ0n) is 5.65. The van der Waals surface area contributed by atoms with Crippen LogP contribution in [0.25, 0.3) is 0 Å². The van der Waals surface area contributed by atoms with Crippen molar-refractivity contribution in [1.82, 2.24) is 0 Å². The van der Waals surface area contributed by atoms with Gasteiger partial charge in [-0.2, -0.15) is 0 Å². The van der Waals surface area contributed by atoms with Gasteiger partial charge >= 0.3 is 0 Å². The molecular formula is C8H13. The van der Waals surface area contributed by atoms with E-state index in [4.69, 9.17) is 0 Å². The molecule has 1 atom stereocenters. The van der Waals surface area contributed by atoms with Crippen LogP contribution in [0.2, 0.25) is 0 Å². The SMILES string of the molecule is CC1=CCC[CH]C1C. The molecule has 0 amide bonds. The van der Waals surface area contributed by atoms with Gasteiger partial charge in [-0.1, -0.05) is 18.6 Å². The maximum atomic E-state index is 2.38. The van der Waals surface area contributed by atoms with Crippen LogP contribution in [0.5, 0.6) is 0 Å². The van der Waals surface area contributed by atoms with Gasteiger partial charge in [-0.05, 0) is 32.1 Å². The Hall–Kier alpha value is -0.260. The van der Waals surface area contributed by atoms with Gasteiger partial charge in [0.2, 0.25) is 0 Å². The second-order valence-electron chi connectivity index (χ2n) is 2.55. The van der Waals surface area contributed by atoms with Gasteiger partial charge in [-0.15, -0.1) is 0 Å². The fourth-order valence-corrected chi connectivity index (χ4v) is 1.03. The highest BCUT2D eigenvalue weighted by atomic mass is 14.1. The molecule has 1 aliphatic rings. The van der Waals surface area contributed by atoms with Crippen molar-refractivity contribution in [2.45, 2.75) is 26.7 Å². The zero-order chi connectivity index (χ0) is 5.98. The molecule has 8 heavy (non-hydrogen) atoms. The second kappa shape index (κ2) is 2.34. The molecule has 0 fully saturated rings. The Bertz CT molecular complexity index is 101. The lowest BCUT2D eigenvalue weighted by Gasteiger charge is -2.15. The van der Waals surface area contributed by atoms with E-state index in [1.165, 1.54) is 18.4 Å². The average Bonchev–Trinajstić information content (AvgIpc) is 1.77. The molecule has 0 bridgehead atoms. The lowest BCUT2D eigenvalue weighted by molar-refractivity contribution is 0.691. The van der Waals surface area contributed by atoms with Crippen LogP contribution in [-0.4, -0.2) is 0 Å². The van der Waals surface area contributed by atoms with E-state index in [2.05, 4.69) is 26.3 Å². The highest BCUT2D eigenvalue weighted by Gasteiger charge is 2.07. The highest BCUT2D eigenvalue weighted by molar-refractivity contribution is 5.10. The van der Waals surface area contributed by atoms with Gasteiger partial charge in [0.1, 0.15) is 0 Å². The predicted molar refractivity (Wildman–Crippen MR) is 36.5 cm³/mol. The summed E-state index contributed by atoms with van der Waals surface area (Å²) in [7, 11) is 0. The summed E-state index contributed by atoms with van der Waals surface area (Å²) in [6.07, 6.45) is 7.26. The van der Waals surface area contributed by atoms with E-state index in [9.17, 15) is 0 Å². The number of rotatable bonds is 0. The molecule has 0 heterocycles. The van der Waals surface area contributed by atoms with Gasteiger partial charge in [0.05, 0.1) is 0 Å². The third kappa shape index (κ3) is 1.12. The molecule has 0 heteroatoms. The van der Waals surface area contributed by atoms with Crippen LogP contribution >= 0.6 is 0 Å². The Kier molecular flexibility index (Phi) is 1.72. The summed E-state index contributed by atoms with van der Waals surface area (Å²) < 4.78 is 0. The minimum absolute atomic E-state index is 0.740. The van der Waals surface area contributed by atoms with Crippen LogP contribution in [0.4, 0.5) is 0 Å². The Labute approximate surface area is 51.6 Å². The fourth-order valence-electron chi connectivity index (χ4n) is 1.03. The van der Waals surface area contributed by atoms with Crippen LogP contribution < -0.4 is 0 Å². The molecule has 0 aliphatic heterocycles. The van der Waals surface area contributed by atoms with Crippen LogP contribution in [0.1, 0.15) is 26.7 Å². The maximum absolute atomic E-state index is 2.38.